The average molecular weight is 402 g/mol. The molecular formula is C23H39N5O. The number of nitrogens with zero attached hydrogens (tertiary/aromatic N) is 4. The topological polar surface area (TPSA) is 43.3 Å². The Kier molecular flexibility index (Phi) is 8.19. The monoisotopic (exact) mass is 401 g/mol. The summed E-state index contributed by atoms with van der Waals surface area (Å²) >= 11 is 0. The van der Waals surface area contributed by atoms with Crippen LogP contribution in [-0.4, -0.2) is 87.9 Å². The van der Waals surface area contributed by atoms with Gasteiger partial charge in [-0.3, -0.25) is 9.89 Å². The number of piperidine rings is 1. The van der Waals surface area contributed by atoms with Crippen molar-refractivity contribution in [3.63, 3.8) is 0 Å². The summed E-state index contributed by atoms with van der Waals surface area (Å²) in [6.45, 7) is 15.8. The minimum atomic E-state index is 0.419. The number of piperazine rings is 1. The van der Waals surface area contributed by atoms with Gasteiger partial charge in [0, 0.05) is 71.7 Å². The highest BCUT2D eigenvalue weighted by atomic mass is 16.5. The van der Waals surface area contributed by atoms with Crippen LogP contribution >= 0.6 is 0 Å². The zero-order valence-corrected chi connectivity index (χ0v) is 18.8. The number of ether oxygens (including phenoxy) is 1. The molecule has 6 heteroatoms. The molecule has 162 valence electrons. The molecule has 2 aliphatic heterocycles. The van der Waals surface area contributed by atoms with Crippen LogP contribution in [-0.2, 0) is 4.74 Å². The highest BCUT2D eigenvalue weighted by molar-refractivity contribution is 5.79. The van der Waals surface area contributed by atoms with Crippen LogP contribution in [0.2, 0.25) is 0 Å². The standard InChI is InChI=1S/C23H39N5O/c1-5-29-21-9-12-28(13-10-21)23(24-4)25-11-14-26-15-17-27(18-16-26)22-8-6-7-19(2)20(22)3/h6-8,21H,5,9-18H2,1-4H3,(H,24,25). The summed E-state index contributed by atoms with van der Waals surface area (Å²) in [7, 11) is 1.89. The van der Waals surface area contributed by atoms with Crippen molar-refractivity contribution in [3.05, 3.63) is 29.3 Å². The fraction of sp³-hybridized carbons (Fsp3) is 0.696. The van der Waals surface area contributed by atoms with Crippen LogP contribution < -0.4 is 10.2 Å². The second kappa shape index (κ2) is 10.8. The van der Waals surface area contributed by atoms with Crippen LogP contribution in [0.25, 0.3) is 0 Å². The second-order valence-electron chi connectivity index (χ2n) is 8.16. The molecule has 29 heavy (non-hydrogen) atoms. The minimum Gasteiger partial charge on any atom is -0.378 e. The molecule has 2 aliphatic rings. The average Bonchev–Trinajstić information content (AvgIpc) is 2.75. The van der Waals surface area contributed by atoms with Gasteiger partial charge in [-0.15, -0.1) is 0 Å². The van der Waals surface area contributed by atoms with E-state index in [1.54, 1.807) is 0 Å². The smallest absolute Gasteiger partial charge is 0.193 e. The molecule has 1 N–H and O–H groups in total. The van der Waals surface area contributed by atoms with E-state index in [2.05, 4.69) is 64.0 Å². The van der Waals surface area contributed by atoms with Gasteiger partial charge < -0.3 is 19.9 Å². The quantitative estimate of drug-likeness (QED) is 0.586. The molecular weight excluding hydrogens is 362 g/mol. The first-order valence-corrected chi connectivity index (χ1v) is 11.2. The number of hydrogen-bond donors (Lipinski definition) is 1. The third kappa shape index (κ3) is 5.86. The minimum absolute atomic E-state index is 0.419. The lowest BCUT2D eigenvalue weighted by Crippen LogP contribution is -2.51. The first-order chi connectivity index (χ1) is 14.1. The zero-order valence-electron chi connectivity index (χ0n) is 18.8. The van der Waals surface area contributed by atoms with Crippen molar-refractivity contribution in [3.8, 4) is 0 Å². The maximum Gasteiger partial charge on any atom is 0.193 e. The maximum atomic E-state index is 5.76. The molecule has 0 atom stereocenters. The van der Waals surface area contributed by atoms with E-state index >= 15 is 0 Å². The maximum absolute atomic E-state index is 5.76. The van der Waals surface area contributed by atoms with Crippen molar-refractivity contribution >= 4 is 11.6 Å². The normalized spacial score (nSPS) is 19.7. The van der Waals surface area contributed by atoms with Crippen molar-refractivity contribution in [1.29, 1.82) is 0 Å². The summed E-state index contributed by atoms with van der Waals surface area (Å²) in [5, 5.41) is 3.57. The van der Waals surface area contributed by atoms with Crippen LogP contribution in [0.3, 0.4) is 0 Å². The highest BCUT2D eigenvalue weighted by Crippen LogP contribution is 2.23. The summed E-state index contributed by atoms with van der Waals surface area (Å²) < 4.78 is 5.76. The van der Waals surface area contributed by atoms with Gasteiger partial charge >= 0.3 is 0 Å². The molecule has 2 heterocycles. The number of aryl methyl sites for hydroxylation is 1. The van der Waals surface area contributed by atoms with Gasteiger partial charge in [-0.2, -0.15) is 0 Å². The van der Waals surface area contributed by atoms with E-state index in [1.807, 2.05) is 7.05 Å². The van der Waals surface area contributed by atoms with Crippen LogP contribution in [0.1, 0.15) is 30.9 Å². The molecule has 6 nitrogen and oxygen atoms in total. The van der Waals surface area contributed by atoms with Gasteiger partial charge in [0.1, 0.15) is 0 Å². The van der Waals surface area contributed by atoms with Gasteiger partial charge in [0.25, 0.3) is 0 Å². The molecule has 0 aliphatic carbocycles. The first kappa shape index (κ1) is 21.9. The van der Waals surface area contributed by atoms with Gasteiger partial charge in [0.2, 0.25) is 0 Å². The van der Waals surface area contributed by atoms with E-state index < -0.39 is 0 Å². The Balaban J connectivity index is 1.38. The Hall–Kier alpha value is -1.79. The van der Waals surface area contributed by atoms with Gasteiger partial charge in [-0.1, -0.05) is 12.1 Å². The number of rotatable bonds is 6. The predicted molar refractivity (Wildman–Crippen MR) is 122 cm³/mol. The first-order valence-electron chi connectivity index (χ1n) is 11.2. The Bertz CT molecular complexity index is 661. The molecule has 2 fully saturated rings. The number of anilines is 1. The fourth-order valence-corrected chi connectivity index (χ4v) is 4.42. The zero-order chi connectivity index (χ0) is 20.6. The Morgan fingerprint density at radius 3 is 2.48 bits per heavy atom. The lowest BCUT2D eigenvalue weighted by Gasteiger charge is -2.37. The molecule has 1 aromatic rings. The number of benzene rings is 1. The Morgan fingerprint density at radius 1 is 1.10 bits per heavy atom. The van der Waals surface area contributed by atoms with Gasteiger partial charge in [-0.05, 0) is 50.8 Å². The number of aliphatic imine (C=N–C) groups is 1. The molecule has 1 aromatic carbocycles. The van der Waals surface area contributed by atoms with Gasteiger partial charge in [0.15, 0.2) is 5.96 Å². The number of nitrogens with one attached hydrogen (secondary N) is 1. The predicted octanol–water partition coefficient (Wildman–Crippen LogP) is 2.50. The third-order valence-electron chi connectivity index (χ3n) is 6.36. The fourth-order valence-electron chi connectivity index (χ4n) is 4.42. The van der Waals surface area contributed by atoms with Gasteiger partial charge in [0.05, 0.1) is 6.10 Å². The summed E-state index contributed by atoms with van der Waals surface area (Å²) in [4.78, 5) is 12.0. The molecule has 0 saturated carbocycles. The lowest BCUT2D eigenvalue weighted by molar-refractivity contribution is 0.0263. The number of hydrogen-bond acceptors (Lipinski definition) is 4. The lowest BCUT2D eigenvalue weighted by atomic mass is 10.1. The Labute approximate surface area is 176 Å². The van der Waals surface area contributed by atoms with Crippen LogP contribution in [0.4, 0.5) is 5.69 Å². The molecule has 2 saturated heterocycles. The van der Waals surface area contributed by atoms with Crippen LogP contribution in [0.15, 0.2) is 23.2 Å². The van der Waals surface area contributed by atoms with Gasteiger partial charge in [-0.25, -0.2) is 0 Å². The molecule has 3 rings (SSSR count). The molecule has 0 aromatic heterocycles. The highest BCUT2D eigenvalue weighted by Gasteiger charge is 2.22. The summed E-state index contributed by atoms with van der Waals surface area (Å²) in [5.41, 5.74) is 4.20. The van der Waals surface area contributed by atoms with E-state index in [1.165, 1.54) is 16.8 Å². The van der Waals surface area contributed by atoms with Crippen molar-refractivity contribution in [2.75, 3.05) is 70.9 Å². The molecule has 0 radical (unpaired) electrons. The van der Waals surface area contributed by atoms with Crippen LogP contribution in [0, 0.1) is 13.8 Å². The summed E-state index contributed by atoms with van der Waals surface area (Å²) in [5.74, 6) is 1.04. The second-order valence-corrected chi connectivity index (χ2v) is 8.16. The molecule has 0 amide bonds. The summed E-state index contributed by atoms with van der Waals surface area (Å²) in [6.07, 6.45) is 2.60. The number of guanidine groups is 1. The molecule has 0 spiro atoms. The number of likely N-dealkylation sites (tertiary alicyclic amines) is 1. The van der Waals surface area contributed by atoms with E-state index in [4.69, 9.17) is 4.74 Å². The molecule has 0 bridgehead atoms. The largest absolute Gasteiger partial charge is 0.378 e. The molecule has 0 unspecified atom stereocenters. The Morgan fingerprint density at radius 2 is 1.83 bits per heavy atom. The SMILES string of the molecule is CCOC1CCN(C(=NC)NCCN2CCN(c3cccc(C)c3C)CC2)CC1. The van der Waals surface area contributed by atoms with E-state index in [-0.39, 0.29) is 0 Å². The van der Waals surface area contributed by atoms with Crippen molar-refractivity contribution in [1.82, 2.24) is 15.1 Å². The van der Waals surface area contributed by atoms with E-state index in [9.17, 15) is 0 Å². The van der Waals surface area contributed by atoms with E-state index in [0.29, 0.717) is 6.10 Å². The van der Waals surface area contributed by atoms with E-state index in [0.717, 1.165) is 77.8 Å². The third-order valence-corrected chi connectivity index (χ3v) is 6.36. The van der Waals surface area contributed by atoms with Crippen molar-refractivity contribution in [2.24, 2.45) is 4.99 Å². The van der Waals surface area contributed by atoms with Crippen LogP contribution in [0.5, 0.6) is 0 Å². The summed E-state index contributed by atoms with van der Waals surface area (Å²) in [6, 6.07) is 6.64. The van der Waals surface area contributed by atoms with Crippen molar-refractivity contribution in [2.45, 2.75) is 39.7 Å². The van der Waals surface area contributed by atoms with Crippen molar-refractivity contribution < 1.29 is 4.74 Å².